The molecule has 0 spiro atoms. The van der Waals surface area contributed by atoms with Gasteiger partial charge < -0.3 is 14.5 Å². The van der Waals surface area contributed by atoms with Crippen LogP contribution in [0, 0.1) is 6.92 Å². The monoisotopic (exact) mass is 273 g/mol. The lowest BCUT2D eigenvalue weighted by atomic mass is 9.92. The van der Waals surface area contributed by atoms with Crippen LogP contribution >= 0.6 is 0 Å². The second-order valence-electron chi connectivity index (χ2n) is 5.14. The van der Waals surface area contributed by atoms with Crippen LogP contribution in [0.5, 0.6) is 0 Å². The molecule has 1 aromatic heterocycles. The zero-order chi connectivity index (χ0) is 14.2. The largest absolute Gasteiger partial charge is 0.472 e. The second-order valence-corrected chi connectivity index (χ2v) is 5.14. The fourth-order valence-electron chi connectivity index (χ4n) is 2.38. The molecule has 0 fully saturated rings. The number of nitrogens with one attached hydrogen (secondary N) is 1. The van der Waals surface area contributed by atoms with Gasteiger partial charge in [-0.05, 0) is 30.5 Å². The topological polar surface area (TPSA) is 34.4 Å². The van der Waals surface area contributed by atoms with E-state index in [9.17, 15) is 0 Å². The van der Waals surface area contributed by atoms with Crippen molar-refractivity contribution in [2.24, 2.45) is 0 Å². The maximum absolute atomic E-state index is 5.18. The molecule has 0 amide bonds. The maximum Gasteiger partial charge on any atom is 0.0934 e. The van der Waals surface area contributed by atoms with E-state index in [2.05, 4.69) is 36.5 Å². The van der Waals surface area contributed by atoms with Gasteiger partial charge in [0.05, 0.1) is 19.1 Å². The summed E-state index contributed by atoms with van der Waals surface area (Å²) in [6.07, 6.45) is 4.55. The van der Waals surface area contributed by atoms with Gasteiger partial charge >= 0.3 is 0 Å². The van der Waals surface area contributed by atoms with Gasteiger partial charge in [-0.25, -0.2) is 0 Å². The Morgan fingerprint density at radius 2 is 2.20 bits per heavy atom. The molecule has 108 valence electrons. The summed E-state index contributed by atoms with van der Waals surface area (Å²) >= 11 is 0. The number of rotatable bonds is 8. The number of ether oxygens (including phenoxy) is 1. The summed E-state index contributed by atoms with van der Waals surface area (Å²) in [5.41, 5.74) is 3.91. The van der Waals surface area contributed by atoms with Crippen molar-refractivity contribution in [3.63, 3.8) is 0 Å². The van der Waals surface area contributed by atoms with Crippen molar-refractivity contribution in [1.29, 1.82) is 0 Å². The minimum absolute atomic E-state index is 0.448. The predicted octanol–water partition coefficient (Wildman–Crippen LogP) is 3.15. The average molecular weight is 273 g/mol. The molecule has 0 radical (unpaired) electrons. The van der Waals surface area contributed by atoms with E-state index in [1.165, 1.54) is 16.7 Å². The number of furan rings is 1. The number of hydrogen-bond acceptors (Lipinski definition) is 3. The molecule has 1 heterocycles. The van der Waals surface area contributed by atoms with Gasteiger partial charge in [0.2, 0.25) is 0 Å². The van der Waals surface area contributed by atoms with Crippen LogP contribution in [0.3, 0.4) is 0 Å². The van der Waals surface area contributed by atoms with E-state index in [0.29, 0.717) is 5.92 Å². The van der Waals surface area contributed by atoms with E-state index in [-0.39, 0.29) is 0 Å². The van der Waals surface area contributed by atoms with Gasteiger partial charge in [-0.15, -0.1) is 0 Å². The summed E-state index contributed by atoms with van der Waals surface area (Å²) in [6, 6.07) is 10.8. The Morgan fingerprint density at radius 3 is 2.90 bits per heavy atom. The number of benzene rings is 1. The molecule has 1 aromatic carbocycles. The van der Waals surface area contributed by atoms with Gasteiger partial charge in [0.15, 0.2) is 0 Å². The Bertz CT molecular complexity index is 493. The highest BCUT2D eigenvalue weighted by Crippen LogP contribution is 2.21. The Morgan fingerprint density at radius 1 is 1.30 bits per heavy atom. The molecule has 2 aromatic rings. The van der Waals surface area contributed by atoms with E-state index >= 15 is 0 Å². The highest BCUT2D eigenvalue weighted by Gasteiger charge is 2.13. The first-order valence-electron chi connectivity index (χ1n) is 7.07. The Labute approximate surface area is 121 Å². The lowest BCUT2D eigenvalue weighted by Crippen LogP contribution is -2.26. The van der Waals surface area contributed by atoms with Crippen molar-refractivity contribution in [2.45, 2.75) is 19.3 Å². The fourth-order valence-corrected chi connectivity index (χ4v) is 2.38. The molecule has 1 N–H and O–H groups in total. The van der Waals surface area contributed by atoms with Gasteiger partial charge in [-0.1, -0.05) is 29.8 Å². The zero-order valence-corrected chi connectivity index (χ0v) is 12.3. The molecular weight excluding hydrogens is 250 g/mol. The molecule has 20 heavy (non-hydrogen) atoms. The van der Waals surface area contributed by atoms with Crippen molar-refractivity contribution in [1.82, 2.24) is 5.32 Å². The molecule has 1 atom stereocenters. The maximum atomic E-state index is 5.18. The van der Waals surface area contributed by atoms with E-state index in [0.717, 1.165) is 26.1 Å². The standard InChI is InChI=1S/C17H23NO2/c1-14-4-3-5-16(10-14)17(12-18-7-9-19-2)11-15-6-8-20-13-15/h3-6,8,10,13,17-18H,7,9,11-12H2,1-2H3. The van der Waals surface area contributed by atoms with Crippen LogP contribution in [-0.2, 0) is 11.2 Å². The Kier molecular flexibility index (Phi) is 5.84. The van der Waals surface area contributed by atoms with Gasteiger partial charge in [-0.2, -0.15) is 0 Å². The number of aryl methyl sites for hydroxylation is 1. The van der Waals surface area contributed by atoms with Crippen LogP contribution in [0.25, 0.3) is 0 Å². The van der Waals surface area contributed by atoms with Crippen molar-refractivity contribution >= 4 is 0 Å². The predicted molar refractivity (Wildman–Crippen MR) is 81.1 cm³/mol. The van der Waals surface area contributed by atoms with Gasteiger partial charge in [0.1, 0.15) is 0 Å². The van der Waals surface area contributed by atoms with E-state index in [1.807, 2.05) is 12.3 Å². The SMILES string of the molecule is COCCNCC(Cc1ccoc1)c1cccc(C)c1. The van der Waals surface area contributed by atoms with Crippen molar-refractivity contribution < 1.29 is 9.15 Å². The Hall–Kier alpha value is -1.58. The summed E-state index contributed by atoms with van der Waals surface area (Å²) < 4.78 is 10.3. The van der Waals surface area contributed by atoms with Crippen LogP contribution in [-0.4, -0.2) is 26.8 Å². The molecule has 0 aliphatic rings. The van der Waals surface area contributed by atoms with Gasteiger partial charge in [-0.3, -0.25) is 0 Å². The second kappa shape index (κ2) is 7.88. The number of methoxy groups -OCH3 is 1. The van der Waals surface area contributed by atoms with Crippen LogP contribution < -0.4 is 5.32 Å². The van der Waals surface area contributed by atoms with Crippen molar-refractivity contribution in [3.8, 4) is 0 Å². The molecule has 2 rings (SSSR count). The van der Waals surface area contributed by atoms with Crippen molar-refractivity contribution in [3.05, 3.63) is 59.5 Å². The minimum atomic E-state index is 0.448. The van der Waals surface area contributed by atoms with Gasteiger partial charge in [0.25, 0.3) is 0 Å². The summed E-state index contributed by atoms with van der Waals surface area (Å²) in [4.78, 5) is 0. The normalized spacial score (nSPS) is 12.5. The number of hydrogen-bond donors (Lipinski definition) is 1. The van der Waals surface area contributed by atoms with Crippen LogP contribution in [0.4, 0.5) is 0 Å². The lowest BCUT2D eigenvalue weighted by Gasteiger charge is -2.18. The molecule has 0 aliphatic heterocycles. The Balaban J connectivity index is 2.03. The van der Waals surface area contributed by atoms with Gasteiger partial charge in [0, 0.05) is 26.1 Å². The minimum Gasteiger partial charge on any atom is -0.472 e. The smallest absolute Gasteiger partial charge is 0.0934 e. The summed E-state index contributed by atoms with van der Waals surface area (Å²) in [6.45, 7) is 4.70. The highest BCUT2D eigenvalue weighted by atomic mass is 16.5. The van der Waals surface area contributed by atoms with Crippen LogP contribution in [0.15, 0.2) is 47.3 Å². The van der Waals surface area contributed by atoms with Crippen LogP contribution in [0.1, 0.15) is 22.6 Å². The molecule has 0 bridgehead atoms. The molecule has 0 saturated heterocycles. The van der Waals surface area contributed by atoms with E-state index in [1.54, 1.807) is 13.4 Å². The van der Waals surface area contributed by atoms with E-state index < -0.39 is 0 Å². The lowest BCUT2D eigenvalue weighted by molar-refractivity contribution is 0.199. The van der Waals surface area contributed by atoms with Crippen molar-refractivity contribution in [2.75, 3.05) is 26.8 Å². The summed E-state index contributed by atoms with van der Waals surface area (Å²) in [5, 5.41) is 3.46. The van der Waals surface area contributed by atoms with E-state index in [4.69, 9.17) is 9.15 Å². The summed E-state index contributed by atoms with van der Waals surface area (Å²) in [5.74, 6) is 0.448. The van der Waals surface area contributed by atoms with Crippen LogP contribution in [0.2, 0.25) is 0 Å². The fraction of sp³-hybridized carbons (Fsp3) is 0.412. The molecule has 0 aliphatic carbocycles. The quantitative estimate of drug-likeness (QED) is 0.750. The third kappa shape index (κ3) is 4.51. The third-order valence-electron chi connectivity index (χ3n) is 3.45. The molecule has 0 saturated carbocycles. The first-order chi connectivity index (χ1) is 9.79. The first kappa shape index (κ1) is 14.8. The molecule has 1 unspecified atom stereocenters. The molecule has 3 nitrogen and oxygen atoms in total. The molecule has 3 heteroatoms. The highest BCUT2D eigenvalue weighted by molar-refractivity contribution is 5.27. The summed E-state index contributed by atoms with van der Waals surface area (Å²) in [7, 11) is 1.73. The molecular formula is C17H23NO2. The zero-order valence-electron chi connectivity index (χ0n) is 12.3. The third-order valence-corrected chi connectivity index (χ3v) is 3.45. The average Bonchev–Trinajstić information content (AvgIpc) is 2.95. The first-order valence-corrected chi connectivity index (χ1v) is 7.07.